The first-order valence-electron chi connectivity index (χ1n) is 8.70. The number of nitrogens with one attached hydrogen (secondary N) is 2. The molecule has 0 radical (unpaired) electrons. The Hall–Kier alpha value is -3.09. The minimum absolute atomic E-state index is 0.243. The molecule has 2 rings (SSSR count). The van der Waals surface area contributed by atoms with Crippen LogP contribution in [0.3, 0.4) is 0 Å². The zero-order chi connectivity index (χ0) is 19.7. The third-order valence-electron chi connectivity index (χ3n) is 3.30. The molecule has 0 saturated carbocycles. The quantitative estimate of drug-likeness (QED) is 0.731. The average molecular weight is 371 g/mol. The van der Waals surface area contributed by atoms with Gasteiger partial charge in [-0.25, -0.2) is 4.79 Å². The molecule has 27 heavy (non-hydrogen) atoms. The highest BCUT2D eigenvalue weighted by molar-refractivity contribution is 5.94. The first kappa shape index (κ1) is 20.2. The van der Waals surface area contributed by atoms with Crippen LogP contribution in [-0.2, 0) is 11.3 Å². The minimum atomic E-state index is -0.552. The third kappa shape index (κ3) is 7.77. The van der Waals surface area contributed by atoms with Crippen molar-refractivity contribution in [3.8, 4) is 5.75 Å². The maximum absolute atomic E-state index is 12.2. The summed E-state index contributed by atoms with van der Waals surface area (Å²) < 4.78 is 10.8. The van der Waals surface area contributed by atoms with Gasteiger partial charge in [0, 0.05) is 36.6 Å². The Morgan fingerprint density at radius 1 is 1.07 bits per heavy atom. The molecule has 0 saturated heterocycles. The summed E-state index contributed by atoms with van der Waals surface area (Å²) in [6.45, 7) is 6.31. The van der Waals surface area contributed by atoms with E-state index in [-0.39, 0.29) is 12.5 Å². The van der Waals surface area contributed by atoms with Gasteiger partial charge in [-0.2, -0.15) is 0 Å². The van der Waals surface area contributed by atoms with E-state index in [0.717, 1.165) is 5.56 Å². The number of pyridine rings is 1. The number of nitrogens with zero attached hydrogens (tertiary/aromatic N) is 1. The van der Waals surface area contributed by atoms with Crippen molar-refractivity contribution in [1.82, 2.24) is 15.6 Å². The molecule has 7 nitrogen and oxygen atoms in total. The Balaban J connectivity index is 1.77. The van der Waals surface area contributed by atoms with Crippen LogP contribution in [0, 0.1) is 0 Å². The van der Waals surface area contributed by atoms with Gasteiger partial charge in [0.05, 0.1) is 0 Å². The zero-order valence-corrected chi connectivity index (χ0v) is 15.8. The average Bonchev–Trinajstić information content (AvgIpc) is 2.63. The van der Waals surface area contributed by atoms with Crippen molar-refractivity contribution in [2.75, 3.05) is 13.1 Å². The van der Waals surface area contributed by atoms with E-state index in [2.05, 4.69) is 15.6 Å². The van der Waals surface area contributed by atoms with Gasteiger partial charge in [0.25, 0.3) is 5.91 Å². The zero-order valence-electron chi connectivity index (χ0n) is 15.8. The number of hydrogen-bond donors (Lipinski definition) is 2. The smallest absolute Gasteiger partial charge is 0.407 e. The molecule has 0 aliphatic heterocycles. The van der Waals surface area contributed by atoms with E-state index in [1.807, 2.05) is 12.1 Å². The maximum Gasteiger partial charge on any atom is 0.407 e. The SMILES string of the molecule is CC(C)(C)OC(=O)NCCNC(=O)c1cccc(OCc2cccnc2)c1. The largest absolute Gasteiger partial charge is 0.489 e. The summed E-state index contributed by atoms with van der Waals surface area (Å²) in [7, 11) is 0. The highest BCUT2D eigenvalue weighted by Crippen LogP contribution is 2.15. The fraction of sp³-hybridized carbons (Fsp3) is 0.350. The van der Waals surface area contributed by atoms with Gasteiger partial charge < -0.3 is 20.1 Å². The molecule has 0 aliphatic carbocycles. The van der Waals surface area contributed by atoms with Crippen LogP contribution in [0.1, 0.15) is 36.7 Å². The third-order valence-corrected chi connectivity index (χ3v) is 3.30. The lowest BCUT2D eigenvalue weighted by Crippen LogP contribution is -2.37. The highest BCUT2D eigenvalue weighted by atomic mass is 16.6. The summed E-state index contributed by atoms with van der Waals surface area (Å²) in [6.07, 6.45) is 2.92. The van der Waals surface area contributed by atoms with Crippen LogP contribution in [0.4, 0.5) is 4.79 Å². The molecular weight excluding hydrogens is 346 g/mol. The van der Waals surface area contributed by atoms with Gasteiger partial charge in [0.1, 0.15) is 18.0 Å². The van der Waals surface area contributed by atoms with Crippen molar-refractivity contribution < 1.29 is 19.1 Å². The Morgan fingerprint density at radius 2 is 1.85 bits per heavy atom. The second kappa shape index (κ2) is 9.56. The van der Waals surface area contributed by atoms with Crippen molar-refractivity contribution >= 4 is 12.0 Å². The van der Waals surface area contributed by atoms with Crippen molar-refractivity contribution in [3.05, 3.63) is 59.9 Å². The fourth-order valence-electron chi connectivity index (χ4n) is 2.13. The molecule has 0 unspecified atom stereocenters. The lowest BCUT2D eigenvalue weighted by Gasteiger charge is -2.19. The van der Waals surface area contributed by atoms with Crippen molar-refractivity contribution in [2.45, 2.75) is 33.0 Å². The maximum atomic E-state index is 12.2. The monoisotopic (exact) mass is 371 g/mol. The molecule has 144 valence electrons. The van der Waals surface area contributed by atoms with Crippen LogP contribution in [0.15, 0.2) is 48.8 Å². The van der Waals surface area contributed by atoms with Gasteiger partial charge in [-0.05, 0) is 45.0 Å². The molecule has 1 aromatic heterocycles. The van der Waals surface area contributed by atoms with E-state index >= 15 is 0 Å². The topological polar surface area (TPSA) is 89.6 Å². The molecule has 0 spiro atoms. The number of alkyl carbamates (subject to hydrolysis) is 1. The molecule has 1 aromatic carbocycles. The van der Waals surface area contributed by atoms with Gasteiger partial charge in [-0.1, -0.05) is 12.1 Å². The van der Waals surface area contributed by atoms with Crippen LogP contribution in [0.5, 0.6) is 5.75 Å². The van der Waals surface area contributed by atoms with E-state index in [1.165, 1.54) is 0 Å². The number of rotatable bonds is 7. The Bertz CT molecular complexity index is 757. The van der Waals surface area contributed by atoms with Gasteiger partial charge in [-0.15, -0.1) is 0 Å². The van der Waals surface area contributed by atoms with Crippen molar-refractivity contribution in [1.29, 1.82) is 0 Å². The summed E-state index contributed by atoms with van der Waals surface area (Å²) in [6, 6.07) is 10.7. The van der Waals surface area contributed by atoms with Gasteiger partial charge >= 0.3 is 6.09 Å². The number of amides is 2. The first-order valence-corrected chi connectivity index (χ1v) is 8.70. The molecule has 7 heteroatoms. The number of benzene rings is 1. The molecule has 0 bridgehead atoms. The molecule has 1 heterocycles. The highest BCUT2D eigenvalue weighted by Gasteiger charge is 2.15. The normalized spacial score (nSPS) is 10.8. The summed E-state index contributed by atoms with van der Waals surface area (Å²) in [5.74, 6) is 0.353. The molecule has 2 amide bonds. The molecule has 2 aromatic rings. The summed E-state index contributed by atoms with van der Waals surface area (Å²) in [5, 5.41) is 5.33. The molecular formula is C20H25N3O4. The molecule has 0 atom stereocenters. The number of ether oxygens (including phenoxy) is 2. The van der Waals surface area contributed by atoms with E-state index in [9.17, 15) is 9.59 Å². The minimum Gasteiger partial charge on any atom is -0.489 e. The lowest BCUT2D eigenvalue weighted by molar-refractivity contribution is 0.0526. The summed E-state index contributed by atoms with van der Waals surface area (Å²) in [4.78, 5) is 27.8. The Labute approximate surface area is 159 Å². The Kier molecular flexibility index (Phi) is 7.16. The predicted molar refractivity (Wildman–Crippen MR) is 102 cm³/mol. The number of carbonyl (C=O) groups excluding carboxylic acids is 2. The van der Waals surface area contributed by atoms with Crippen molar-refractivity contribution in [2.24, 2.45) is 0 Å². The number of aromatic nitrogens is 1. The predicted octanol–water partition coefficient (Wildman–Crippen LogP) is 2.92. The van der Waals surface area contributed by atoms with Gasteiger partial charge in [0.2, 0.25) is 0 Å². The van der Waals surface area contributed by atoms with E-state index in [4.69, 9.17) is 9.47 Å². The van der Waals surface area contributed by atoms with Gasteiger partial charge in [-0.3, -0.25) is 9.78 Å². The number of carbonyl (C=O) groups is 2. The van der Waals surface area contributed by atoms with E-state index in [0.29, 0.717) is 24.5 Å². The van der Waals surface area contributed by atoms with Crippen molar-refractivity contribution in [3.63, 3.8) is 0 Å². The molecule has 2 N–H and O–H groups in total. The molecule has 0 fully saturated rings. The summed E-state index contributed by atoms with van der Waals surface area (Å²) in [5.41, 5.74) is 0.875. The second-order valence-electron chi connectivity index (χ2n) is 6.86. The number of hydrogen-bond acceptors (Lipinski definition) is 5. The van der Waals surface area contributed by atoms with Gasteiger partial charge in [0.15, 0.2) is 0 Å². The van der Waals surface area contributed by atoms with Crippen LogP contribution >= 0.6 is 0 Å². The van der Waals surface area contributed by atoms with Crippen LogP contribution in [0.25, 0.3) is 0 Å². The van der Waals surface area contributed by atoms with Crippen LogP contribution < -0.4 is 15.4 Å². The summed E-state index contributed by atoms with van der Waals surface area (Å²) >= 11 is 0. The Morgan fingerprint density at radius 3 is 2.56 bits per heavy atom. The molecule has 0 aliphatic rings. The second-order valence-corrected chi connectivity index (χ2v) is 6.86. The lowest BCUT2D eigenvalue weighted by atomic mass is 10.2. The van der Waals surface area contributed by atoms with Crippen LogP contribution in [-0.4, -0.2) is 35.7 Å². The van der Waals surface area contributed by atoms with E-state index in [1.54, 1.807) is 57.4 Å². The first-order chi connectivity index (χ1) is 12.8. The van der Waals surface area contributed by atoms with E-state index < -0.39 is 11.7 Å². The standard InChI is InChI=1S/C20H25N3O4/c1-20(2,3)27-19(25)23-11-10-22-18(24)16-7-4-8-17(12-16)26-14-15-6-5-9-21-13-15/h4-9,12-13H,10-11,14H2,1-3H3,(H,22,24)(H,23,25). The van der Waals surface area contributed by atoms with Crippen LogP contribution in [0.2, 0.25) is 0 Å². The fourth-order valence-corrected chi connectivity index (χ4v) is 2.13.